The first-order chi connectivity index (χ1) is 4.79. The van der Waals surface area contributed by atoms with Crippen molar-refractivity contribution < 1.29 is 0 Å². The molecule has 1 saturated carbocycles. The van der Waals surface area contributed by atoms with Gasteiger partial charge in [-0.2, -0.15) is 0 Å². The maximum absolute atomic E-state index is 6.98. The summed E-state index contributed by atoms with van der Waals surface area (Å²) in [5.74, 6) is 0. The third-order valence-electron chi connectivity index (χ3n) is 1.58. The van der Waals surface area contributed by atoms with Crippen LogP contribution in [0.4, 0.5) is 0 Å². The van der Waals surface area contributed by atoms with Gasteiger partial charge >= 0.3 is 0 Å². The number of nitrogens with one attached hydrogen (secondary N) is 1. The number of halogens is 1. The average molecular weight is 213 g/mol. The summed E-state index contributed by atoms with van der Waals surface area (Å²) >= 11 is 0. The molecule has 0 spiro atoms. The molecule has 0 amide bonds. The fourth-order valence-corrected chi connectivity index (χ4v) is 3.17. The van der Waals surface area contributed by atoms with Crippen molar-refractivity contribution in [3.63, 3.8) is 0 Å². The zero-order valence-corrected chi connectivity index (χ0v) is 8.66. The van der Waals surface area contributed by atoms with Crippen LogP contribution in [-0.2, 0) is 0 Å². The van der Waals surface area contributed by atoms with Crippen LogP contribution in [0.2, 0.25) is 0 Å². The summed E-state index contributed by atoms with van der Waals surface area (Å²) < 4.78 is 0. The molecule has 5 heteroatoms. The third kappa shape index (κ3) is 4.82. The summed E-state index contributed by atoms with van der Waals surface area (Å²) in [5.41, 5.74) is 5.20. The first kappa shape index (κ1) is 11.5. The Balaban J connectivity index is 0.000001000. The summed E-state index contributed by atoms with van der Waals surface area (Å²) in [6.45, 7) is 0. The molecule has 0 radical (unpaired) electrons. The second-order valence-corrected chi connectivity index (χ2v) is 4.99. The van der Waals surface area contributed by atoms with Gasteiger partial charge in [-0.25, -0.2) is 0 Å². The molecule has 1 aliphatic carbocycles. The third-order valence-corrected chi connectivity index (χ3v) is 4.24. The van der Waals surface area contributed by atoms with Gasteiger partial charge in [0.15, 0.2) is 5.17 Å². The van der Waals surface area contributed by atoms with Crippen LogP contribution in [0.15, 0.2) is 0 Å². The second kappa shape index (κ2) is 6.03. The fourth-order valence-electron chi connectivity index (χ4n) is 1.10. The second-order valence-electron chi connectivity index (χ2n) is 2.45. The smallest absolute Gasteiger partial charge is 0.161 e. The van der Waals surface area contributed by atoms with Crippen molar-refractivity contribution in [1.29, 1.82) is 5.41 Å². The molecule has 0 aromatic heterocycles. The van der Waals surface area contributed by atoms with Gasteiger partial charge in [-0.1, -0.05) is 23.6 Å². The monoisotopic (exact) mass is 212 g/mol. The van der Waals surface area contributed by atoms with E-state index in [-0.39, 0.29) is 17.6 Å². The molecule has 0 unspecified atom stereocenters. The van der Waals surface area contributed by atoms with Crippen LogP contribution in [0.25, 0.3) is 0 Å². The van der Waals surface area contributed by atoms with Gasteiger partial charge < -0.3 is 5.73 Å². The van der Waals surface area contributed by atoms with Crippen molar-refractivity contribution in [3.8, 4) is 0 Å². The van der Waals surface area contributed by atoms with Gasteiger partial charge in [0.1, 0.15) is 0 Å². The predicted octanol–water partition coefficient (Wildman–Crippen LogP) is 2.63. The molecule has 0 atom stereocenters. The molecule has 0 aliphatic heterocycles. The Labute approximate surface area is 81.4 Å². The molecule has 1 aliphatic rings. The predicted molar refractivity (Wildman–Crippen MR) is 56.6 cm³/mol. The molecular weight excluding hydrogens is 200 g/mol. The maximum atomic E-state index is 6.98. The topological polar surface area (TPSA) is 49.9 Å². The molecule has 1 rings (SSSR count). The maximum Gasteiger partial charge on any atom is 0.161 e. The minimum atomic E-state index is 0. The van der Waals surface area contributed by atoms with E-state index in [4.69, 9.17) is 11.1 Å². The van der Waals surface area contributed by atoms with E-state index in [2.05, 4.69) is 0 Å². The van der Waals surface area contributed by atoms with Crippen LogP contribution >= 0.6 is 34.0 Å². The van der Waals surface area contributed by atoms with E-state index in [1.54, 1.807) is 10.8 Å². The van der Waals surface area contributed by atoms with Crippen LogP contribution in [0.3, 0.4) is 0 Å². The van der Waals surface area contributed by atoms with Crippen molar-refractivity contribution >= 4 is 39.2 Å². The highest BCUT2D eigenvalue weighted by molar-refractivity contribution is 8.82. The fraction of sp³-hybridized carbons (Fsp3) is 0.833. The lowest BCUT2D eigenvalue weighted by molar-refractivity contribution is 0.886. The Kier molecular flexibility index (Phi) is 6.28. The highest BCUT2D eigenvalue weighted by Gasteiger charge is 2.15. The zero-order chi connectivity index (χ0) is 7.40. The van der Waals surface area contributed by atoms with Gasteiger partial charge in [0.05, 0.1) is 0 Å². The normalized spacial score (nSPS) is 17.8. The van der Waals surface area contributed by atoms with E-state index >= 15 is 0 Å². The SMILES string of the molecule is Cl.N=C(N)SSC1CCCC1. The number of amidine groups is 1. The number of hydrogen-bond donors (Lipinski definition) is 2. The first-order valence-electron chi connectivity index (χ1n) is 3.46. The van der Waals surface area contributed by atoms with E-state index in [9.17, 15) is 0 Å². The molecule has 11 heavy (non-hydrogen) atoms. The summed E-state index contributed by atoms with van der Waals surface area (Å²) in [6, 6.07) is 0. The van der Waals surface area contributed by atoms with E-state index in [0.29, 0.717) is 0 Å². The van der Waals surface area contributed by atoms with Crippen LogP contribution in [0.5, 0.6) is 0 Å². The highest BCUT2D eigenvalue weighted by atomic mass is 35.5. The largest absolute Gasteiger partial charge is 0.378 e. The van der Waals surface area contributed by atoms with E-state index in [0.717, 1.165) is 5.25 Å². The van der Waals surface area contributed by atoms with Gasteiger partial charge in [-0.15, -0.1) is 12.4 Å². The molecule has 2 nitrogen and oxygen atoms in total. The van der Waals surface area contributed by atoms with Gasteiger partial charge in [0, 0.05) is 5.25 Å². The molecule has 0 bridgehead atoms. The summed E-state index contributed by atoms with van der Waals surface area (Å²) in [4.78, 5) is 0. The average Bonchev–Trinajstić information content (AvgIpc) is 2.34. The molecule has 1 fully saturated rings. The van der Waals surface area contributed by atoms with Gasteiger partial charge in [-0.05, 0) is 23.6 Å². The van der Waals surface area contributed by atoms with Gasteiger partial charge in [0.25, 0.3) is 0 Å². The molecule has 66 valence electrons. The highest BCUT2D eigenvalue weighted by Crippen LogP contribution is 2.36. The van der Waals surface area contributed by atoms with Crippen molar-refractivity contribution in [2.45, 2.75) is 30.9 Å². The Morgan fingerprint density at radius 2 is 1.91 bits per heavy atom. The summed E-state index contributed by atoms with van der Waals surface area (Å²) in [7, 11) is 3.17. The standard InChI is InChI=1S/C6H12N2S2.ClH/c7-6(8)10-9-5-3-1-2-4-5;/h5H,1-4H2,(H3,7,8);1H. The van der Waals surface area contributed by atoms with Crippen LogP contribution in [0, 0.1) is 5.41 Å². The number of rotatable bonds is 2. The summed E-state index contributed by atoms with van der Waals surface area (Å²) in [6.07, 6.45) is 5.34. The molecule has 0 aromatic rings. The first-order valence-corrected chi connectivity index (χ1v) is 5.67. The summed E-state index contributed by atoms with van der Waals surface area (Å²) in [5, 5.41) is 7.97. The van der Waals surface area contributed by atoms with Crippen LogP contribution in [-0.4, -0.2) is 10.4 Å². The minimum Gasteiger partial charge on any atom is -0.378 e. The lowest BCUT2D eigenvalue weighted by Gasteiger charge is -2.04. The molecule has 3 N–H and O–H groups in total. The van der Waals surface area contributed by atoms with E-state index < -0.39 is 0 Å². The number of nitrogens with two attached hydrogens (primary N) is 1. The van der Waals surface area contributed by atoms with Crippen molar-refractivity contribution in [2.24, 2.45) is 5.73 Å². The Morgan fingerprint density at radius 3 is 2.36 bits per heavy atom. The molecular formula is C6H13ClN2S2. The quantitative estimate of drug-likeness (QED) is 0.420. The van der Waals surface area contributed by atoms with Gasteiger partial charge in [-0.3, -0.25) is 5.41 Å². The van der Waals surface area contributed by atoms with Crippen molar-refractivity contribution in [3.05, 3.63) is 0 Å². The Morgan fingerprint density at radius 1 is 1.36 bits per heavy atom. The van der Waals surface area contributed by atoms with Gasteiger partial charge in [0.2, 0.25) is 0 Å². The van der Waals surface area contributed by atoms with Crippen LogP contribution in [0.1, 0.15) is 25.7 Å². The number of hydrogen-bond acceptors (Lipinski definition) is 3. The minimum absolute atomic E-state index is 0. The van der Waals surface area contributed by atoms with Crippen LogP contribution < -0.4 is 5.73 Å². The lowest BCUT2D eigenvalue weighted by atomic mass is 10.4. The lowest BCUT2D eigenvalue weighted by Crippen LogP contribution is -2.03. The molecule has 0 heterocycles. The Bertz CT molecular complexity index is 126. The Hall–Kier alpha value is 0.460. The van der Waals surface area contributed by atoms with E-state index in [1.807, 2.05) is 0 Å². The molecule has 0 saturated heterocycles. The molecule has 0 aromatic carbocycles. The van der Waals surface area contributed by atoms with E-state index in [1.165, 1.54) is 36.5 Å². The van der Waals surface area contributed by atoms with Crippen molar-refractivity contribution in [1.82, 2.24) is 0 Å². The zero-order valence-electron chi connectivity index (χ0n) is 6.21. The van der Waals surface area contributed by atoms with Crippen molar-refractivity contribution in [2.75, 3.05) is 0 Å².